The molecule has 7 nitrogen and oxygen atoms in total. The van der Waals surface area contributed by atoms with Crippen LogP contribution in [0.25, 0.3) is 22.6 Å². The Balaban J connectivity index is 1.70. The first-order valence-corrected chi connectivity index (χ1v) is 9.07. The van der Waals surface area contributed by atoms with Gasteiger partial charge in [0.25, 0.3) is 5.91 Å². The normalized spacial score (nSPS) is 15.3. The zero-order valence-electron chi connectivity index (χ0n) is 15.1. The Kier molecular flexibility index (Phi) is 4.72. The molecule has 0 bridgehead atoms. The quantitative estimate of drug-likeness (QED) is 0.684. The summed E-state index contributed by atoms with van der Waals surface area (Å²) in [6.07, 6.45) is 5.24. The third-order valence-electron chi connectivity index (χ3n) is 4.67. The maximum Gasteiger partial charge on any atom is 0.269 e. The third kappa shape index (κ3) is 3.24. The maximum absolute atomic E-state index is 12.8. The molecular formula is C19H19ClN4O3. The molecule has 0 aliphatic carbocycles. The van der Waals surface area contributed by atoms with E-state index in [0.717, 1.165) is 19.4 Å². The predicted molar refractivity (Wildman–Crippen MR) is 102 cm³/mol. The molecule has 4 heterocycles. The Morgan fingerprint density at radius 2 is 2.07 bits per heavy atom. The molecule has 0 N–H and O–H groups in total. The van der Waals surface area contributed by atoms with Crippen molar-refractivity contribution in [2.75, 3.05) is 27.2 Å². The number of methoxy groups -OCH3 is 1. The zero-order chi connectivity index (χ0) is 19.0. The van der Waals surface area contributed by atoms with Gasteiger partial charge in [-0.3, -0.25) is 14.8 Å². The Hall–Kier alpha value is -2.64. The number of hydrogen-bond acceptors (Lipinski definition) is 6. The number of fused-ring (bicyclic) bond motifs is 1. The van der Waals surface area contributed by atoms with Gasteiger partial charge in [0.2, 0.25) is 0 Å². The topological polar surface area (TPSA) is 71.7 Å². The minimum absolute atomic E-state index is 0.0936. The standard InChI is InChI=1S/C19H19ClN4O3/c1-23-7-3-4-8-24(23)19(25)12-9-15(26-2)17(22-11-12)16-10-14-18(27-16)13(20)5-6-21-14/h5-6,9-11H,3-4,7-8H2,1-2H3. The molecule has 1 aliphatic heterocycles. The van der Waals surface area contributed by atoms with E-state index in [1.807, 2.05) is 12.1 Å². The number of nitrogens with zero attached hydrogens (tertiary/aromatic N) is 4. The number of furan rings is 1. The summed E-state index contributed by atoms with van der Waals surface area (Å²) in [4.78, 5) is 21.5. The van der Waals surface area contributed by atoms with Crippen molar-refractivity contribution in [1.82, 2.24) is 20.0 Å². The van der Waals surface area contributed by atoms with Gasteiger partial charge in [-0.25, -0.2) is 9.99 Å². The Morgan fingerprint density at radius 1 is 1.26 bits per heavy atom. The summed E-state index contributed by atoms with van der Waals surface area (Å²) in [5.41, 5.74) is 2.09. The van der Waals surface area contributed by atoms with Crippen LogP contribution in [0.1, 0.15) is 23.2 Å². The molecule has 8 heteroatoms. The number of hydrogen-bond donors (Lipinski definition) is 0. The summed E-state index contributed by atoms with van der Waals surface area (Å²) >= 11 is 6.16. The fraction of sp³-hybridized carbons (Fsp3) is 0.316. The van der Waals surface area contributed by atoms with Gasteiger partial charge in [-0.2, -0.15) is 0 Å². The van der Waals surface area contributed by atoms with Gasteiger partial charge in [0, 0.05) is 38.6 Å². The summed E-state index contributed by atoms with van der Waals surface area (Å²) < 4.78 is 11.3. The second-order valence-corrected chi connectivity index (χ2v) is 6.82. The second-order valence-electron chi connectivity index (χ2n) is 6.41. The molecular weight excluding hydrogens is 368 g/mol. The van der Waals surface area contributed by atoms with Gasteiger partial charge < -0.3 is 9.15 Å². The van der Waals surface area contributed by atoms with E-state index in [4.69, 9.17) is 20.8 Å². The molecule has 140 valence electrons. The monoisotopic (exact) mass is 386 g/mol. The van der Waals surface area contributed by atoms with Crippen LogP contribution in [0.3, 0.4) is 0 Å². The highest BCUT2D eigenvalue weighted by Crippen LogP contribution is 2.34. The molecule has 1 aliphatic rings. The van der Waals surface area contributed by atoms with Gasteiger partial charge in [0.15, 0.2) is 11.3 Å². The van der Waals surface area contributed by atoms with E-state index >= 15 is 0 Å². The molecule has 1 fully saturated rings. The molecule has 0 spiro atoms. The van der Waals surface area contributed by atoms with Crippen LogP contribution >= 0.6 is 11.6 Å². The number of rotatable bonds is 3. The lowest BCUT2D eigenvalue weighted by molar-refractivity contribution is -0.0114. The Labute approximate surface area is 161 Å². The number of ether oxygens (including phenoxy) is 1. The highest BCUT2D eigenvalue weighted by Gasteiger charge is 2.25. The zero-order valence-corrected chi connectivity index (χ0v) is 15.9. The SMILES string of the molecule is COc1cc(C(=O)N2CCCCN2C)cnc1-c1cc2nccc(Cl)c2o1. The number of hydrazine groups is 1. The summed E-state index contributed by atoms with van der Waals surface area (Å²) in [5.74, 6) is 0.844. The van der Waals surface area contributed by atoms with Crippen LogP contribution in [-0.4, -0.2) is 53.1 Å². The minimum Gasteiger partial charge on any atom is -0.494 e. The van der Waals surface area contributed by atoms with Gasteiger partial charge in [0.1, 0.15) is 17.0 Å². The van der Waals surface area contributed by atoms with Gasteiger partial charge in [-0.05, 0) is 25.0 Å². The highest BCUT2D eigenvalue weighted by molar-refractivity contribution is 6.34. The molecule has 1 saturated heterocycles. The number of amides is 1. The van der Waals surface area contributed by atoms with Crippen molar-refractivity contribution in [2.45, 2.75) is 12.8 Å². The lowest BCUT2D eigenvalue weighted by Gasteiger charge is -2.35. The van der Waals surface area contributed by atoms with Gasteiger partial charge in [0.05, 0.1) is 17.7 Å². The van der Waals surface area contributed by atoms with Crippen molar-refractivity contribution in [2.24, 2.45) is 0 Å². The number of carbonyl (C=O) groups is 1. The lowest BCUT2D eigenvalue weighted by atomic mass is 10.1. The lowest BCUT2D eigenvalue weighted by Crippen LogP contribution is -2.48. The third-order valence-corrected chi connectivity index (χ3v) is 4.96. The van der Waals surface area contributed by atoms with Crippen LogP contribution in [0.5, 0.6) is 5.75 Å². The average Bonchev–Trinajstić information content (AvgIpc) is 3.13. The molecule has 3 aromatic heterocycles. The first kappa shape index (κ1) is 17.8. The fourth-order valence-corrected chi connectivity index (χ4v) is 3.42. The van der Waals surface area contributed by atoms with E-state index in [-0.39, 0.29) is 5.91 Å². The van der Waals surface area contributed by atoms with Crippen molar-refractivity contribution in [3.63, 3.8) is 0 Å². The molecule has 1 amide bonds. The van der Waals surface area contributed by atoms with E-state index in [1.54, 1.807) is 35.6 Å². The molecule has 3 aromatic rings. The molecule has 27 heavy (non-hydrogen) atoms. The number of halogens is 1. The van der Waals surface area contributed by atoms with Crippen LogP contribution in [0, 0.1) is 0 Å². The van der Waals surface area contributed by atoms with Crippen LogP contribution in [0.15, 0.2) is 35.0 Å². The van der Waals surface area contributed by atoms with Gasteiger partial charge in [-0.1, -0.05) is 11.6 Å². The van der Waals surface area contributed by atoms with Crippen LogP contribution in [0.2, 0.25) is 5.02 Å². The largest absolute Gasteiger partial charge is 0.494 e. The molecule has 4 rings (SSSR count). The summed E-state index contributed by atoms with van der Waals surface area (Å²) in [6.45, 7) is 1.56. The number of aromatic nitrogens is 2. The average molecular weight is 387 g/mol. The maximum atomic E-state index is 12.8. The van der Waals surface area contributed by atoms with Crippen molar-refractivity contribution >= 4 is 28.6 Å². The first-order valence-electron chi connectivity index (χ1n) is 8.70. The number of pyridine rings is 2. The smallest absolute Gasteiger partial charge is 0.269 e. The highest BCUT2D eigenvalue weighted by atomic mass is 35.5. The van der Waals surface area contributed by atoms with E-state index in [9.17, 15) is 4.79 Å². The Morgan fingerprint density at radius 3 is 2.81 bits per heavy atom. The molecule has 0 radical (unpaired) electrons. The summed E-state index contributed by atoms with van der Waals surface area (Å²) in [6, 6.07) is 5.11. The van der Waals surface area contributed by atoms with Crippen LogP contribution in [0.4, 0.5) is 0 Å². The first-order chi connectivity index (χ1) is 13.1. The summed E-state index contributed by atoms with van der Waals surface area (Å²) in [7, 11) is 3.46. The molecule has 0 saturated carbocycles. The second kappa shape index (κ2) is 7.17. The number of carbonyl (C=O) groups excluding carboxylic acids is 1. The van der Waals surface area contributed by atoms with Crippen molar-refractivity contribution in [3.8, 4) is 17.2 Å². The van der Waals surface area contributed by atoms with Crippen molar-refractivity contribution in [3.05, 3.63) is 41.2 Å². The van der Waals surface area contributed by atoms with Gasteiger partial charge in [-0.15, -0.1) is 0 Å². The molecule has 0 atom stereocenters. The predicted octanol–water partition coefficient (Wildman–Crippen LogP) is 3.63. The molecule has 0 aromatic carbocycles. The van der Waals surface area contributed by atoms with E-state index < -0.39 is 0 Å². The van der Waals surface area contributed by atoms with E-state index in [0.29, 0.717) is 45.4 Å². The Bertz CT molecular complexity index is 1000. The van der Waals surface area contributed by atoms with E-state index in [1.165, 1.54) is 7.11 Å². The van der Waals surface area contributed by atoms with Crippen LogP contribution in [-0.2, 0) is 0 Å². The minimum atomic E-state index is -0.0936. The molecule has 0 unspecified atom stereocenters. The van der Waals surface area contributed by atoms with E-state index in [2.05, 4.69) is 9.97 Å². The van der Waals surface area contributed by atoms with Crippen LogP contribution < -0.4 is 4.74 Å². The summed E-state index contributed by atoms with van der Waals surface area (Å²) in [5, 5.41) is 4.16. The fourth-order valence-electron chi connectivity index (χ4n) is 3.23. The van der Waals surface area contributed by atoms with Gasteiger partial charge >= 0.3 is 0 Å². The van der Waals surface area contributed by atoms with Crippen molar-refractivity contribution in [1.29, 1.82) is 0 Å². The van der Waals surface area contributed by atoms with Crippen molar-refractivity contribution < 1.29 is 13.9 Å².